The number of benzene rings is 2. The first kappa shape index (κ1) is 13.9. The minimum Gasteiger partial charge on any atom is -0.508 e. The Balaban J connectivity index is 2.38. The third-order valence-electron chi connectivity index (χ3n) is 3.05. The molecule has 0 fully saturated rings. The zero-order valence-electron chi connectivity index (χ0n) is 11.6. The summed E-state index contributed by atoms with van der Waals surface area (Å²) in [5.41, 5.74) is 8.52. The van der Waals surface area contributed by atoms with Crippen molar-refractivity contribution in [3.8, 4) is 5.75 Å². The fourth-order valence-electron chi connectivity index (χ4n) is 2.20. The van der Waals surface area contributed by atoms with Gasteiger partial charge in [0, 0.05) is 29.5 Å². The van der Waals surface area contributed by atoms with E-state index in [-0.39, 0.29) is 11.7 Å². The summed E-state index contributed by atoms with van der Waals surface area (Å²) >= 11 is 0. The Morgan fingerprint density at radius 3 is 2.60 bits per heavy atom. The van der Waals surface area contributed by atoms with Crippen molar-refractivity contribution in [2.24, 2.45) is 0 Å². The van der Waals surface area contributed by atoms with Crippen LogP contribution < -0.4 is 10.6 Å². The number of rotatable bonds is 3. The van der Waals surface area contributed by atoms with Gasteiger partial charge in [-0.15, -0.1) is 0 Å². The summed E-state index contributed by atoms with van der Waals surface area (Å²) in [7, 11) is 0. The summed E-state index contributed by atoms with van der Waals surface area (Å²) in [5.74, 6) is 0.00556. The zero-order valence-corrected chi connectivity index (χ0v) is 11.6. The number of nitrogens with zero attached hydrogens (tertiary/aromatic N) is 1. The summed E-state index contributed by atoms with van der Waals surface area (Å²) in [5, 5.41) is 9.54. The molecule has 0 heterocycles. The van der Waals surface area contributed by atoms with Gasteiger partial charge in [0.1, 0.15) is 5.75 Å². The van der Waals surface area contributed by atoms with Crippen molar-refractivity contribution >= 4 is 17.3 Å². The third kappa shape index (κ3) is 2.91. The second-order valence-corrected chi connectivity index (χ2v) is 4.70. The number of aromatic hydroxyl groups is 1. The number of phenols is 1. The Labute approximate surface area is 118 Å². The molecule has 0 aromatic heterocycles. The third-order valence-corrected chi connectivity index (χ3v) is 3.05. The van der Waals surface area contributed by atoms with Crippen LogP contribution >= 0.6 is 0 Å². The normalized spacial score (nSPS) is 10.3. The van der Waals surface area contributed by atoms with Crippen molar-refractivity contribution in [2.75, 3.05) is 17.2 Å². The molecule has 0 aliphatic rings. The van der Waals surface area contributed by atoms with E-state index in [2.05, 4.69) is 0 Å². The van der Waals surface area contributed by atoms with E-state index in [4.69, 9.17) is 5.73 Å². The van der Waals surface area contributed by atoms with Gasteiger partial charge in [0.2, 0.25) is 0 Å². The summed E-state index contributed by atoms with van der Waals surface area (Å²) in [6.07, 6.45) is 0. The van der Waals surface area contributed by atoms with E-state index >= 15 is 0 Å². The highest BCUT2D eigenvalue weighted by atomic mass is 16.3. The molecule has 2 aromatic carbocycles. The van der Waals surface area contributed by atoms with Crippen molar-refractivity contribution in [2.45, 2.75) is 13.8 Å². The van der Waals surface area contributed by atoms with Gasteiger partial charge >= 0.3 is 0 Å². The first-order valence-electron chi connectivity index (χ1n) is 6.49. The van der Waals surface area contributed by atoms with Crippen LogP contribution in [0, 0.1) is 6.92 Å². The maximum Gasteiger partial charge on any atom is 0.258 e. The lowest BCUT2D eigenvalue weighted by Gasteiger charge is -2.21. The van der Waals surface area contributed by atoms with Crippen LogP contribution in [0.3, 0.4) is 0 Å². The molecule has 4 nitrogen and oxygen atoms in total. The van der Waals surface area contributed by atoms with E-state index < -0.39 is 0 Å². The van der Waals surface area contributed by atoms with Gasteiger partial charge in [0.15, 0.2) is 0 Å². The number of amides is 1. The van der Waals surface area contributed by atoms with E-state index in [1.165, 1.54) is 0 Å². The highest BCUT2D eigenvalue weighted by Crippen LogP contribution is 2.22. The van der Waals surface area contributed by atoms with Crippen LogP contribution in [-0.2, 0) is 0 Å². The van der Waals surface area contributed by atoms with Crippen LogP contribution in [0.25, 0.3) is 0 Å². The van der Waals surface area contributed by atoms with Crippen LogP contribution in [0.1, 0.15) is 22.8 Å². The highest BCUT2D eigenvalue weighted by Gasteiger charge is 2.17. The molecule has 0 aliphatic carbocycles. The lowest BCUT2D eigenvalue weighted by molar-refractivity contribution is 0.0988. The topological polar surface area (TPSA) is 66.6 Å². The van der Waals surface area contributed by atoms with Crippen molar-refractivity contribution < 1.29 is 9.90 Å². The molecule has 3 N–H and O–H groups in total. The largest absolute Gasteiger partial charge is 0.508 e. The molecule has 20 heavy (non-hydrogen) atoms. The SMILES string of the molecule is CCN(C(=O)c1cc(C)cc(N)c1)c1cccc(O)c1. The molecule has 2 rings (SSSR count). The predicted octanol–water partition coefficient (Wildman–Crippen LogP) is 2.95. The van der Waals surface area contributed by atoms with Crippen LogP contribution in [0.4, 0.5) is 11.4 Å². The molecule has 2 aromatic rings. The Morgan fingerprint density at radius 2 is 2.00 bits per heavy atom. The number of aryl methyl sites for hydroxylation is 1. The summed E-state index contributed by atoms with van der Waals surface area (Å²) in [6, 6.07) is 11.9. The summed E-state index contributed by atoms with van der Waals surface area (Å²) in [4.78, 5) is 14.2. The molecular formula is C16H18N2O2. The summed E-state index contributed by atoms with van der Waals surface area (Å²) < 4.78 is 0. The molecule has 0 radical (unpaired) electrons. The van der Waals surface area contributed by atoms with Gasteiger partial charge in [-0.1, -0.05) is 6.07 Å². The van der Waals surface area contributed by atoms with Crippen LogP contribution in [0.5, 0.6) is 5.75 Å². The molecule has 0 spiro atoms. The number of nitrogen functional groups attached to an aromatic ring is 1. The lowest BCUT2D eigenvalue weighted by atomic mass is 10.1. The van der Waals surface area contributed by atoms with Gasteiger partial charge in [0.25, 0.3) is 5.91 Å². The minimum atomic E-state index is -0.131. The number of phenolic OH excluding ortho intramolecular Hbond substituents is 1. The zero-order chi connectivity index (χ0) is 14.7. The average molecular weight is 270 g/mol. The fraction of sp³-hybridized carbons (Fsp3) is 0.188. The smallest absolute Gasteiger partial charge is 0.258 e. The molecule has 0 saturated carbocycles. The fourth-order valence-corrected chi connectivity index (χ4v) is 2.20. The predicted molar refractivity (Wildman–Crippen MR) is 81.0 cm³/mol. The van der Waals surface area contributed by atoms with E-state index in [1.54, 1.807) is 35.2 Å². The first-order valence-corrected chi connectivity index (χ1v) is 6.49. The van der Waals surface area contributed by atoms with Gasteiger partial charge in [0.05, 0.1) is 0 Å². The second kappa shape index (κ2) is 5.65. The van der Waals surface area contributed by atoms with E-state index in [0.29, 0.717) is 23.5 Å². The first-order chi connectivity index (χ1) is 9.51. The van der Waals surface area contributed by atoms with Gasteiger partial charge in [-0.05, 0) is 49.7 Å². The van der Waals surface area contributed by atoms with E-state index in [9.17, 15) is 9.90 Å². The number of carbonyl (C=O) groups is 1. The molecule has 0 atom stereocenters. The molecular weight excluding hydrogens is 252 g/mol. The van der Waals surface area contributed by atoms with Crippen molar-refractivity contribution in [3.63, 3.8) is 0 Å². The molecule has 0 bridgehead atoms. The minimum absolute atomic E-state index is 0.131. The van der Waals surface area contributed by atoms with Gasteiger partial charge < -0.3 is 15.7 Å². The van der Waals surface area contributed by atoms with Crippen molar-refractivity contribution in [1.29, 1.82) is 0 Å². The average Bonchev–Trinajstić information content (AvgIpc) is 2.38. The van der Waals surface area contributed by atoms with Gasteiger partial charge in [-0.2, -0.15) is 0 Å². The van der Waals surface area contributed by atoms with Gasteiger partial charge in [-0.25, -0.2) is 0 Å². The number of nitrogens with two attached hydrogens (primary N) is 1. The number of hydrogen-bond acceptors (Lipinski definition) is 3. The highest BCUT2D eigenvalue weighted by molar-refractivity contribution is 6.06. The Hall–Kier alpha value is -2.49. The van der Waals surface area contributed by atoms with Crippen molar-refractivity contribution in [3.05, 3.63) is 53.6 Å². The molecule has 4 heteroatoms. The van der Waals surface area contributed by atoms with Crippen LogP contribution in [0.15, 0.2) is 42.5 Å². The molecule has 1 amide bonds. The van der Waals surface area contributed by atoms with E-state index in [0.717, 1.165) is 5.56 Å². The van der Waals surface area contributed by atoms with Crippen molar-refractivity contribution in [1.82, 2.24) is 0 Å². The Morgan fingerprint density at radius 1 is 1.25 bits per heavy atom. The monoisotopic (exact) mass is 270 g/mol. The molecule has 0 unspecified atom stereocenters. The maximum absolute atomic E-state index is 12.6. The maximum atomic E-state index is 12.6. The molecule has 0 saturated heterocycles. The summed E-state index contributed by atoms with van der Waals surface area (Å²) in [6.45, 7) is 4.30. The van der Waals surface area contributed by atoms with Crippen LogP contribution in [0.2, 0.25) is 0 Å². The standard InChI is InChI=1S/C16H18N2O2/c1-3-18(14-5-4-6-15(19)10-14)16(20)12-7-11(2)8-13(17)9-12/h4-10,19H,3,17H2,1-2H3. The quantitative estimate of drug-likeness (QED) is 0.843. The number of hydrogen-bond donors (Lipinski definition) is 2. The number of anilines is 2. The second-order valence-electron chi connectivity index (χ2n) is 4.70. The van der Waals surface area contributed by atoms with Crippen LogP contribution in [-0.4, -0.2) is 17.6 Å². The number of carbonyl (C=O) groups excluding carboxylic acids is 1. The Bertz CT molecular complexity index is 618. The lowest BCUT2D eigenvalue weighted by Crippen LogP contribution is -2.30. The van der Waals surface area contributed by atoms with E-state index in [1.807, 2.05) is 26.0 Å². The molecule has 104 valence electrons. The van der Waals surface area contributed by atoms with Gasteiger partial charge in [-0.3, -0.25) is 4.79 Å². The molecule has 0 aliphatic heterocycles. The Kier molecular flexibility index (Phi) is 3.94.